The SMILES string of the molecule is COCc1cc(C(=O)N(C)C(C)C)ccc1-c1ccc(Cl)cc1. The van der Waals surface area contributed by atoms with Crippen LogP contribution in [0.1, 0.15) is 29.8 Å². The van der Waals surface area contributed by atoms with Crippen LogP contribution in [0.2, 0.25) is 5.02 Å². The van der Waals surface area contributed by atoms with Crippen molar-refractivity contribution in [1.82, 2.24) is 4.90 Å². The molecule has 0 saturated heterocycles. The first-order valence-corrected chi connectivity index (χ1v) is 7.96. The standard InChI is InChI=1S/C19H22ClNO2/c1-13(2)21(3)19(22)15-7-10-18(16(11-15)12-23-4)14-5-8-17(20)9-6-14/h5-11,13H,12H2,1-4H3. The number of halogens is 1. The number of benzene rings is 2. The van der Waals surface area contributed by atoms with Gasteiger partial charge in [-0.15, -0.1) is 0 Å². The average Bonchev–Trinajstić information content (AvgIpc) is 2.54. The van der Waals surface area contributed by atoms with E-state index in [0.717, 1.165) is 16.7 Å². The number of rotatable bonds is 5. The molecule has 0 atom stereocenters. The quantitative estimate of drug-likeness (QED) is 0.799. The Labute approximate surface area is 142 Å². The zero-order chi connectivity index (χ0) is 17.0. The lowest BCUT2D eigenvalue weighted by atomic mass is 9.97. The lowest BCUT2D eigenvalue weighted by Gasteiger charge is -2.22. The van der Waals surface area contributed by atoms with Gasteiger partial charge in [0.05, 0.1) is 6.61 Å². The number of carbonyl (C=O) groups is 1. The number of hydrogen-bond acceptors (Lipinski definition) is 2. The summed E-state index contributed by atoms with van der Waals surface area (Å²) in [6, 6.07) is 13.6. The van der Waals surface area contributed by atoms with Crippen molar-refractivity contribution in [3.8, 4) is 11.1 Å². The van der Waals surface area contributed by atoms with Crippen LogP contribution in [-0.4, -0.2) is 31.0 Å². The molecule has 1 amide bonds. The van der Waals surface area contributed by atoms with Gasteiger partial charge in [0.2, 0.25) is 0 Å². The van der Waals surface area contributed by atoms with Gasteiger partial charge in [0.15, 0.2) is 0 Å². The monoisotopic (exact) mass is 331 g/mol. The van der Waals surface area contributed by atoms with E-state index < -0.39 is 0 Å². The molecule has 4 heteroatoms. The zero-order valence-electron chi connectivity index (χ0n) is 14.0. The van der Waals surface area contributed by atoms with Crippen LogP contribution >= 0.6 is 11.6 Å². The van der Waals surface area contributed by atoms with Crippen LogP contribution in [0.4, 0.5) is 0 Å². The zero-order valence-corrected chi connectivity index (χ0v) is 14.7. The first kappa shape index (κ1) is 17.5. The first-order chi connectivity index (χ1) is 10.9. The maximum Gasteiger partial charge on any atom is 0.253 e. The van der Waals surface area contributed by atoms with Crippen molar-refractivity contribution in [2.75, 3.05) is 14.2 Å². The fraction of sp³-hybridized carbons (Fsp3) is 0.316. The fourth-order valence-corrected chi connectivity index (χ4v) is 2.48. The van der Waals surface area contributed by atoms with Crippen molar-refractivity contribution < 1.29 is 9.53 Å². The summed E-state index contributed by atoms with van der Waals surface area (Å²) >= 11 is 5.96. The van der Waals surface area contributed by atoms with Gasteiger partial charge in [-0.3, -0.25) is 4.79 Å². The van der Waals surface area contributed by atoms with Gasteiger partial charge in [-0.05, 0) is 54.8 Å². The summed E-state index contributed by atoms with van der Waals surface area (Å²) in [7, 11) is 3.47. The molecule has 23 heavy (non-hydrogen) atoms. The van der Waals surface area contributed by atoms with Crippen molar-refractivity contribution in [2.45, 2.75) is 26.5 Å². The average molecular weight is 332 g/mol. The van der Waals surface area contributed by atoms with Gasteiger partial charge in [-0.25, -0.2) is 0 Å². The molecule has 0 aliphatic carbocycles. The third-order valence-electron chi connectivity index (χ3n) is 3.90. The molecule has 2 rings (SSSR count). The van der Waals surface area contributed by atoms with Gasteiger partial charge < -0.3 is 9.64 Å². The van der Waals surface area contributed by atoms with E-state index in [1.165, 1.54) is 0 Å². The number of ether oxygens (including phenoxy) is 1. The van der Waals surface area contributed by atoms with Crippen LogP contribution in [0.5, 0.6) is 0 Å². The number of methoxy groups -OCH3 is 1. The van der Waals surface area contributed by atoms with Gasteiger partial charge in [0.25, 0.3) is 5.91 Å². The number of nitrogens with zero attached hydrogens (tertiary/aromatic N) is 1. The minimum Gasteiger partial charge on any atom is -0.380 e. The van der Waals surface area contributed by atoms with Crippen molar-refractivity contribution in [3.05, 3.63) is 58.6 Å². The predicted molar refractivity (Wildman–Crippen MR) is 94.8 cm³/mol. The Hall–Kier alpha value is -1.84. The minimum atomic E-state index is 0.0139. The summed E-state index contributed by atoms with van der Waals surface area (Å²) in [6.45, 7) is 4.44. The smallest absolute Gasteiger partial charge is 0.253 e. The normalized spacial score (nSPS) is 10.9. The summed E-state index contributed by atoms with van der Waals surface area (Å²) in [5, 5.41) is 0.701. The van der Waals surface area contributed by atoms with E-state index in [1.54, 1.807) is 12.0 Å². The Bertz CT molecular complexity index is 680. The summed E-state index contributed by atoms with van der Waals surface area (Å²) in [5.41, 5.74) is 3.76. The first-order valence-electron chi connectivity index (χ1n) is 7.59. The van der Waals surface area contributed by atoms with Gasteiger partial charge in [0.1, 0.15) is 0 Å². The second kappa shape index (κ2) is 7.62. The van der Waals surface area contributed by atoms with E-state index in [1.807, 2.05) is 63.4 Å². The largest absolute Gasteiger partial charge is 0.380 e. The Kier molecular flexibility index (Phi) is 5.80. The second-order valence-electron chi connectivity index (χ2n) is 5.82. The molecular formula is C19H22ClNO2. The molecular weight excluding hydrogens is 310 g/mol. The summed E-state index contributed by atoms with van der Waals surface area (Å²) < 4.78 is 5.31. The van der Waals surface area contributed by atoms with Gasteiger partial charge in [0, 0.05) is 30.8 Å². The molecule has 3 nitrogen and oxygen atoms in total. The van der Waals surface area contributed by atoms with Crippen LogP contribution in [0, 0.1) is 0 Å². The molecule has 0 aliphatic heterocycles. The maximum absolute atomic E-state index is 12.5. The highest BCUT2D eigenvalue weighted by atomic mass is 35.5. The van der Waals surface area contributed by atoms with Crippen LogP contribution in [0.3, 0.4) is 0 Å². The topological polar surface area (TPSA) is 29.5 Å². The molecule has 2 aromatic rings. The second-order valence-corrected chi connectivity index (χ2v) is 6.26. The molecule has 0 aromatic heterocycles. The summed E-state index contributed by atoms with van der Waals surface area (Å²) in [5.74, 6) is 0.0139. The van der Waals surface area contributed by atoms with Crippen LogP contribution in [0.15, 0.2) is 42.5 Å². The highest BCUT2D eigenvalue weighted by Gasteiger charge is 2.16. The molecule has 0 N–H and O–H groups in total. The molecule has 0 aliphatic rings. The van der Waals surface area contributed by atoms with E-state index >= 15 is 0 Å². The van der Waals surface area contributed by atoms with Crippen molar-refractivity contribution in [1.29, 1.82) is 0 Å². The van der Waals surface area contributed by atoms with Crippen LogP contribution < -0.4 is 0 Å². The lowest BCUT2D eigenvalue weighted by Crippen LogP contribution is -2.33. The number of hydrogen-bond donors (Lipinski definition) is 0. The predicted octanol–water partition coefficient (Wildman–Crippen LogP) is 4.63. The van der Waals surface area contributed by atoms with Gasteiger partial charge in [-0.2, -0.15) is 0 Å². The van der Waals surface area contributed by atoms with Crippen molar-refractivity contribution in [2.24, 2.45) is 0 Å². The number of amides is 1. The summed E-state index contributed by atoms with van der Waals surface area (Å²) in [4.78, 5) is 14.2. The molecule has 0 spiro atoms. The Morgan fingerprint density at radius 3 is 2.39 bits per heavy atom. The van der Waals surface area contributed by atoms with E-state index in [2.05, 4.69) is 0 Å². The van der Waals surface area contributed by atoms with Crippen molar-refractivity contribution >= 4 is 17.5 Å². The van der Waals surface area contributed by atoms with Crippen molar-refractivity contribution in [3.63, 3.8) is 0 Å². The van der Waals surface area contributed by atoms with E-state index in [0.29, 0.717) is 17.2 Å². The third kappa shape index (κ3) is 4.12. The van der Waals surface area contributed by atoms with Crippen LogP contribution in [0.25, 0.3) is 11.1 Å². The van der Waals surface area contributed by atoms with Crippen LogP contribution in [-0.2, 0) is 11.3 Å². The molecule has 0 unspecified atom stereocenters. The third-order valence-corrected chi connectivity index (χ3v) is 4.15. The molecule has 122 valence electrons. The molecule has 0 radical (unpaired) electrons. The van der Waals surface area contributed by atoms with E-state index in [9.17, 15) is 4.79 Å². The number of carbonyl (C=O) groups excluding carboxylic acids is 1. The van der Waals surface area contributed by atoms with Gasteiger partial charge in [-0.1, -0.05) is 29.8 Å². The maximum atomic E-state index is 12.5. The highest BCUT2D eigenvalue weighted by molar-refractivity contribution is 6.30. The summed E-state index contributed by atoms with van der Waals surface area (Å²) in [6.07, 6.45) is 0. The molecule has 0 fully saturated rings. The molecule has 0 heterocycles. The lowest BCUT2D eigenvalue weighted by molar-refractivity contribution is 0.0754. The Morgan fingerprint density at radius 1 is 1.17 bits per heavy atom. The minimum absolute atomic E-state index is 0.0139. The fourth-order valence-electron chi connectivity index (χ4n) is 2.35. The molecule has 0 saturated carbocycles. The van der Waals surface area contributed by atoms with E-state index in [4.69, 9.17) is 16.3 Å². The Balaban J connectivity index is 2.42. The Morgan fingerprint density at radius 2 is 1.83 bits per heavy atom. The van der Waals surface area contributed by atoms with E-state index in [-0.39, 0.29) is 11.9 Å². The molecule has 2 aromatic carbocycles. The van der Waals surface area contributed by atoms with Gasteiger partial charge >= 0.3 is 0 Å². The highest BCUT2D eigenvalue weighted by Crippen LogP contribution is 2.27. The molecule has 0 bridgehead atoms.